The Morgan fingerprint density at radius 2 is 1.75 bits per heavy atom. The van der Waals surface area contributed by atoms with Crippen molar-refractivity contribution in [3.63, 3.8) is 0 Å². The van der Waals surface area contributed by atoms with E-state index in [1.54, 1.807) is 0 Å². The Bertz CT molecular complexity index is 11.2. The molecule has 1 heterocycles. The summed E-state index contributed by atoms with van der Waals surface area (Å²) >= 11 is 0. The fraction of sp³-hybridized carbons (Fsp3) is 0. The van der Waals surface area contributed by atoms with E-state index in [0.29, 0.717) is 0 Å². The molecule has 0 aromatic heterocycles. The summed E-state index contributed by atoms with van der Waals surface area (Å²) in [5.41, 5.74) is 0. The van der Waals surface area contributed by atoms with Gasteiger partial charge < -0.3 is 0 Å². The Morgan fingerprint density at radius 3 is 1.75 bits per heavy atom. The average Bonchev–Trinajstić information content (AvgIpc) is 0.722. The minimum Gasteiger partial charge on any atom is -0.172 e. The minimum atomic E-state index is 1.21. The lowest BCUT2D eigenvalue weighted by Crippen LogP contribution is -1.79. The molecule has 1 nitrogen and oxygen atoms in total. The van der Waals surface area contributed by atoms with Crippen molar-refractivity contribution in [3.05, 3.63) is 4.13 Å². The van der Waals surface area contributed by atoms with Gasteiger partial charge in [0.1, 0.15) is 0 Å². The number of hydrogen-bond donors (Lipinski definition) is 0. The fourth-order valence-corrected chi connectivity index (χ4v) is 0.986. The van der Waals surface area contributed by atoms with Crippen molar-refractivity contribution in [1.82, 2.24) is 0 Å². The van der Waals surface area contributed by atoms with Gasteiger partial charge in [0.15, 0.2) is 0 Å². The highest BCUT2D eigenvalue weighted by Gasteiger charge is 2.08. The second-order valence-corrected chi connectivity index (χ2v) is 4.48. The predicted octanol–water partition coefficient (Wildman–Crippen LogP) is 0.397. The zero-order chi connectivity index (χ0) is 2.83. The zero-order valence-corrected chi connectivity index (χ0v) is 4.36. The van der Waals surface area contributed by atoms with E-state index in [1.807, 2.05) is 9.83 Å². The first-order chi connectivity index (χ1) is 2.00. The summed E-state index contributed by atoms with van der Waals surface area (Å²) in [5.74, 6) is 0. The van der Waals surface area contributed by atoms with Gasteiger partial charge in [-0.2, -0.15) is 4.13 Å². The minimum absolute atomic E-state index is 1.21. The van der Waals surface area contributed by atoms with Crippen LogP contribution in [0.25, 0.3) is 4.13 Å². The Balaban J connectivity index is 2.00. The molecule has 1 aliphatic rings. The van der Waals surface area contributed by atoms with Crippen LogP contribution in [0.5, 0.6) is 0 Å². The molecule has 0 aromatic carbocycles. The SMILES string of the molecule is [N-]1[SH+]S[SH+]1. The molecule has 1 fully saturated rings. The van der Waals surface area contributed by atoms with Gasteiger partial charge in [0.2, 0.25) is 0 Å². The maximum absolute atomic E-state index is 3.82. The Hall–Kier alpha value is 1.01. The Morgan fingerprint density at radius 1 is 1.50 bits per heavy atom. The van der Waals surface area contributed by atoms with Gasteiger partial charge >= 0.3 is 9.83 Å². The molecular weight excluding hydrogens is 110 g/mol. The molecule has 1 saturated heterocycles. The van der Waals surface area contributed by atoms with Gasteiger partial charge in [-0.25, -0.2) is 0 Å². The molecule has 0 spiro atoms. The molecule has 0 amide bonds. The van der Waals surface area contributed by atoms with Crippen molar-refractivity contribution in [2.24, 2.45) is 0 Å². The summed E-state index contributed by atoms with van der Waals surface area (Å²) in [4.78, 5) is 0. The van der Waals surface area contributed by atoms with E-state index >= 15 is 0 Å². The van der Waals surface area contributed by atoms with Gasteiger partial charge in [-0.1, -0.05) is 0 Å². The molecule has 4 heavy (non-hydrogen) atoms. The van der Waals surface area contributed by atoms with Gasteiger partial charge in [0, 0.05) is 0 Å². The zero-order valence-electron chi connectivity index (χ0n) is 1.75. The van der Waals surface area contributed by atoms with E-state index in [0.717, 1.165) is 0 Å². The van der Waals surface area contributed by atoms with Crippen molar-refractivity contribution in [3.8, 4) is 0 Å². The molecule has 0 saturated carbocycles. The molecule has 24 valence electrons. The van der Waals surface area contributed by atoms with Gasteiger partial charge in [0.25, 0.3) is 0 Å². The van der Waals surface area contributed by atoms with Crippen molar-refractivity contribution in [1.29, 1.82) is 0 Å². The van der Waals surface area contributed by atoms with Crippen molar-refractivity contribution >= 4 is 31.8 Å². The van der Waals surface area contributed by atoms with E-state index in [1.165, 1.54) is 22.0 Å². The molecule has 1 rings (SSSR count). The molecule has 4 heteroatoms. The van der Waals surface area contributed by atoms with Crippen molar-refractivity contribution in [2.45, 2.75) is 0 Å². The summed E-state index contributed by atoms with van der Waals surface area (Å²) in [6, 6.07) is 0. The summed E-state index contributed by atoms with van der Waals surface area (Å²) in [6.07, 6.45) is 0. The highest BCUT2D eigenvalue weighted by Crippen LogP contribution is 2.26. The summed E-state index contributed by atoms with van der Waals surface area (Å²) < 4.78 is 3.82. The van der Waals surface area contributed by atoms with Crippen LogP contribution >= 0.6 is 9.83 Å². The lowest BCUT2D eigenvalue weighted by molar-refractivity contribution is 2.87. The Kier molecular flexibility index (Phi) is 1.16. The van der Waals surface area contributed by atoms with Crippen LogP contribution in [-0.4, -0.2) is 0 Å². The Labute approximate surface area is 36.4 Å². The molecule has 0 aliphatic carbocycles. The normalized spacial score (nSPS) is 24.0. The number of nitrogens with zero attached hydrogens (tertiary/aromatic N) is 1. The van der Waals surface area contributed by atoms with Crippen LogP contribution in [0.2, 0.25) is 0 Å². The molecular formula is H2NS3+. The molecule has 0 radical (unpaired) electrons. The summed E-state index contributed by atoms with van der Waals surface area (Å²) in [7, 11) is 4.23. The van der Waals surface area contributed by atoms with Crippen LogP contribution in [0.4, 0.5) is 0 Å². The van der Waals surface area contributed by atoms with Gasteiger partial charge in [0.05, 0.1) is 22.0 Å². The van der Waals surface area contributed by atoms with Gasteiger partial charge in [-0.3, -0.25) is 0 Å². The molecule has 0 atom stereocenters. The lowest BCUT2D eigenvalue weighted by atomic mass is 13.9. The van der Waals surface area contributed by atoms with Crippen LogP contribution in [-0.2, 0) is 22.0 Å². The maximum atomic E-state index is 3.82. The third-order valence-corrected chi connectivity index (χ3v) is 3.94. The van der Waals surface area contributed by atoms with Gasteiger partial charge in [-0.05, 0) is 0 Å². The van der Waals surface area contributed by atoms with Crippen LogP contribution in [0.1, 0.15) is 0 Å². The molecule has 0 bridgehead atoms. The van der Waals surface area contributed by atoms with Crippen LogP contribution < -0.4 is 0 Å². The third kappa shape index (κ3) is 0.484. The molecule has 0 aromatic rings. The largest absolute Gasteiger partial charge is 0.319 e. The molecule has 0 N–H and O–H groups in total. The maximum Gasteiger partial charge on any atom is 0.319 e. The monoisotopic (exact) mass is 112 g/mol. The summed E-state index contributed by atoms with van der Waals surface area (Å²) in [6.45, 7) is 0. The highest BCUT2D eigenvalue weighted by molar-refractivity contribution is 9.07. The molecule has 0 unspecified atom stereocenters. The first-order valence-corrected chi connectivity index (χ1v) is 4.49. The summed E-state index contributed by atoms with van der Waals surface area (Å²) in [5, 5.41) is 0. The van der Waals surface area contributed by atoms with E-state index in [9.17, 15) is 0 Å². The van der Waals surface area contributed by atoms with E-state index < -0.39 is 0 Å². The first kappa shape index (κ1) is 3.21. The second kappa shape index (κ2) is 1.45. The standard InChI is InChI=1S/H2NS3/c1-2-4-3-1/h2-3H/q+1. The highest BCUT2D eigenvalue weighted by atomic mass is 33.5. The quantitative estimate of drug-likeness (QED) is 0.251. The fourth-order valence-electron chi connectivity index (χ4n) is 0.0365. The van der Waals surface area contributed by atoms with E-state index in [2.05, 4.69) is 4.13 Å². The third-order valence-electron chi connectivity index (χ3n) is 0.146. The van der Waals surface area contributed by atoms with E-state index in [-0.39, 0.29) is 0 Å². The topological polar surface area (TPSA) is 14.1 Å². The number of thiol groups is 2. The van der Waals surface area contributed by atoms with E-state index in [4.69, 9.17) is 0 Å². The first-order valence-electron chi connectivity index (χ1n) is 0.765. The average molecular weight is 112 g/mol. The van der Waals surface area contributed by atoms with Crippen LogP contribution in [0.3, 0.4) is 0 Å². The number of rotatable bonds is 0. The predicted molar refractivity (Wildman–Crippen MR) is 28.5 cm³/mol. The van der Waals surface area contributed by atoms with Gasteiger partial charge in [-0.15, -0.1) is 0 Å². The van der Waals surface area contributed by atoms with Crippen molar-refractivity contribution in [2.75, 3.05) is 0 Å². The van der Waals surface area contributed by atoms with Crippen LogP contribution in [0, 0.1) is 0 Å². The molecule has 1 aliphatic heterocycles. The second-order valence-electron chi connectivity index (χ2n) is 0.334. The lowest BCUT2D eigenvalue weighted by Gasteiger charge is -1.95. The van der Waals surface area contributed by atoms with Crippen LogP contribution in [0.15, 0.2) is 0 Å². The van der Waals surface area contributed by atoms with Crippen molar-refractivity contribution < 1.29 is 0 Å². The smallest absolute Gasteiger partial charge is 0.172 e. The number of hydrogen-bond acceptors (Lipinski definition) is 1.